The van der Waals surface area contributed by atoms with E-state index in [-0.39, 0.29) is 11.8 Å². The summed E-state index contributed by atoms with van der Waals surface area (Å²) in [6, 6.07) is 2.24. The summed E-state index contributed by atoms with van der Waals surface area (Å²) in [5.41, 5.74) is -0.150. The summed E-state index contributed by atoms with van der Waals surface area (Å²) in [5, 5.41) is 20.8. The molecule has 0 aromatic heterocycles. The smallest absolute Gasteiger partial charge is 0.155 e. The van der Waals surface area contributed by atoms with Gasteiger partial charge in [0, 0.05) is 18.3 Å². The average Bonchev–Trinajstić information content (AvgIpc) is 3.14. The number of aliphatic hydroxyl groups is 1. The maximum Gasteiger partial charge on any atom is 0.155 e. The van der Waals surface area contributed by atoms with Crippen LogP contribution in [-0.2, 0) is 9.53 Å². The van der Waals surface area contributed by atoms with Gasteiger partial charge in [0.15, 0.2) is 5.78 Å². The predicted molar refractivity (Wildman–Crippen MR) is 101 cm³/mol. The summed E-state index contributed by atoms with van der Waals surface area (Å²) in [6.45, 7) is 2.93. The number of nitriles is 1. The Morgan fingerprint density at radius 3 is 2.85 bits per heavy atom. The number of ketones is 1. The average molecular weight is 370 g/mol. The molecule has 1 spiro atoms. The number of ether oxygens (including phenoxy) is 1. The van der Waals surface area contributed by atoms with E-state index in [1.165, 1.54) is 18.4 Å². The molecule has 5 aliphatic rings. The second kappa shape index (κ2) is 5.91. The number of carbonyl (C=O) groups excluding carboxylic acids is 1. The number of hydrogen-bond donors (Lipinski definition) is 1. The van der Waals surface area contributed by atoms with Gasteiger partial charge in [-0.2, -0.15) is 5.26 Å². The third kappa shape index (κ3) is 2.19. The van der Waals surface area contributed by atoms with Crippen molar-refractivity contribution in [3.63, 3.8) is 0 Å². The van der Waals surface area contributed by atoms with Crippen molar-refractivity contribution in [1.29, 1.82) is 5.26 Å². The van der Waals surface area contributed by atoms with E-state index in [0.29, 0.717) is 48.9 Å². The van der Waals surface area contributed by atoms with E-state index >= 15 is 0 Å². The van der Waals surface area contributed by atoms with E-state index < -0.39 is 11.2 Å². The Morgan fingerprint density at radius 1 is 1.19 bits per heavy atom. The Morgan fingerprint density at radius 2 is 2.04 bits per heavy atom. The van der Waals surface area contributed by atoms with Gasteiger partial charge in [-0.25, -0.2) is 0 Å². The summed E-state index contributed by atoms with van der Waals surface area (Å²) < 4.78 is 6.39. The fraction of sp³-hybridized carbons (Fsp3) is 0.826. The Hall–Kier alpha value is -1.18. The van der Waals surface area contributed by atoms with Gasteiger partial charge >= 0.3 is 0 Å². The largest absolute Gasteiger partial charge is 0.386 e. The standard InChI is InChI=1S/C23H31NO3/c1-21-8-6-18-17-5-3-16(25)14-15(17)2-4-19(18)20(21)7-9-23(21)22(26,10-12-24)11-13-27-23/h14,17-20,26H,2-11,13H2,1H3/t17-,18+,19+,20-,21-,22-,23-/m0/s1. The minimum Gasteiger partial charge on any atom is -0.386 e. The molecule has 0 bridgehead atoms. The quantitative estimate of drug-likeness (QED) is 0.760. The zero-order valence-electron chi connectivity index (χ0n) is 16.4. The van der Waals surface area contributed by atoms with Gasteiger partial charge in [0.1, 0.15) is 11.2 Å². The van der Waals surface area contributed by atoms with Crippen molar-refractivity contribution in [2.24, 2.45) is 29.1 Å². The Kier molecular flexibility index (Phi) is 3.91. The van der Waals surface area contributed by atoms with Gasteiger partial charge in [0.05, 0.1) is 19.1 Å². The first-order valence-corrected chi connectivity index (χ1v) is 10.9. The van der Waals surface area contributed by atoms with Crippen LogP contribution in [0, 0.1) is 40.4 Å². The van der Waals surface area contributed by atoms with Crippen molar-refractivity contribution in [1.82, 2.24) is 0 Å². The topological polar surface area (TPSA) is 70.3 Å². The lowest BCUT2D eigenvalue weighted by molar-refractivity contribution is -0.199. The highest BCUT2D eigenvalue weighted by molar-refractivity contribution is 5.91. The molecular weight excluding hydrogens is 338 g/mol. The third-order valence-corrected chi connectivity index (χ3v) is 9.41. The fourth-order valence-corrected chi connectivity index (χ4v) is 8.27. The second-order valence-electron chi connectivity index (χ2n) is 10.1. The van der Waals surface area contributed by atoms with Crippen molar-refractivity contribution in [3.8, 4) is 6.07 Å². The highest BCUT2D eigenvalue weighted by Gasteiger charge is 2.71. The van der Waals surface area contributed by atoms with Gasteiger partial charge in [0.25, 0.3) is 0 Å². The first kappa shape index (κ1) is 17.9. The lowest BCUT2D eigenvalue weighted by Gasteiger charge is -2.58. The summed E-state index contributed by atoms with van der Waals surface area (Å²) in [7, 11) is 0. The summed E-state index contributed by atoms with van der Waals surface area (Å²) in [4.78, 5) is 11.9. The number of fused-ring (bicyclic) bond motifs is 6. The van der Waals surface area contributed by atoms with Crippen LogP contribution in [0.1, 0.15) is 71.1 Å². The molecule has 0 aromatic carbocycles. The maximum atomic E-state index is 11.9. The third-order valence-electron chi connectivity index (χ3n) is 9.41. The number of rotatable bonds is 1. The number of hydrogen-bond acceptors (Lipinski definition) is 4. The number of allylic oxidation sites excluding steroid dienone is 1. The zero-order valence-corrected chi connectivity index (χ0v) is 16.4. The van der Waals surface area contributed by atoms with Crippen LogP contribution in [-0.4, -0.2) is 28.7 Å². The molecule has 7 atom stereocenters. The summed E-state index contributed by atoms with van der Waals surface area (Å²) in [6.07, 6.45) is 11.0. The maximum absolute atomic E-state index is 11.9. The molecule has 27 heavy (non-hydrogen) atoms. The fourth-order valence-electron chi connectivity index (χ4n) is 8.27. The van der Waals surface area contributed by atoms with E-state index in [4.69, 9.17) is 4.74 Å². The molecule has 0 unspecified atom stereocenters. The molecular formula is C23H31NO3. The molecule has 1 saturated heterocycles. The molecule has 146 valence electrons. The van der Waals surface area contributed by atoms with E-state index in [1.807, 2.05) is 6.08 Å². The molecule has 0 aromatic rings. The minimum absolute atomic E-state index is 0.0397. The first-order valence-electron chi connectivity index (χ1n) is 10.9. The van der Waals surface area contributed by atoms with Gasteiger partial charge in [-0.1, -0.05) is 12.5 Å². The summed E-state index contributed by atoms with van der Waals surface area (Å²) in [5.74, 6) is 2.86. The van der Waals surface area contributed by atoms with Crippen molar-refractivity contribution in [2.75, 3.05) is 6.61 Å². The van der Waals surface area contributed by atoms with Gasteiger partial charge in [-0.15, -0.1) is 0 Å². The van der Waals surface area contributed by atoms with Gasteiger partial charge in [-0.05, 0) is 74.7 Å². The zero-order chi connectivity index (χ0) is 18.9. The molecule has 3 saturated carbocycles. The number of nitrogens with zero attached hydrogens (tertiary/aromatic N) is 1. The van der Waals surface area contributed by atoms with E-state index in [1.54, 1.807) is 0 Å². The molecule has 5 rings (SSSR count). The molecule has 4 nitrogen and oxygen atoms in total. The lowest BCUT2D eigenvalue weighted by atomic mass is 9.49. The molecule has 4 aliphatic carbocycles. The van der Waals surface area contributed by atoms with Crippen molar-refractivity contribution >= 4 is 5.78 Å². The first-order chi connectivity index (χ1) is 12.9. The van der Waals surface area contributed by atoms with Gasteiger partial charge in [0.2, 0.25) is 0 Å². The van der Waals surface area contributed by atoms with Crippen LogP contribution in [0.15, 0.2) is 11.6 Å². The molecule has 4 heteroatoms. The van der Waals surface area contributed by atoms with Crippen LogP contribution >= 0.6 is 0 Å². The SMILES string of the molecule is C[C@]12CC[C@H]3[C@@H](CCC4=CC(=O)CC[C@@H]43)[C@@H]1CC[C@]21OCC[C@@]1(O)CC#N. The molecule has 1 N–H and O–H groups in total. The van der Waals surface area contributed by atoms with E-state index in [2.05, 4.69) is 13.0 Å². The van der Waals surface area contributed by atoms with Crippen LogP contribution in [0.3, 0.4) is 0 Å². The monoisotopic (exact) mass is 369 g/mol. The minimum atomic E-state index is -0.991. The molecule has 1 aliphatic heterocycles. The van der Waals surface area contributed by atoms with E-state index in [0.717, 1.165) is 32.1 Å². The Labute approximate surface area is 162 Å². The van der Waals surface area contributed by atoms with Gasteiger partial charge < -0.3 is 9.84 Å². The van der Waals surface area contributed by atoms with Crippen molar-refractivity contribution in [2.45, 2.75) is 82.3 Å². The number of carbonyl (C=O) groups is 1. The van der Waals surface area contributed by atoms with Crippen LogP contribution in [0.4, 0.5) is 0 Å². The molecule has 4 fully saturated rings. The molecule has 1 heterocycles. The van der Waals surface area contributed by atoms with Gasteiger partial charge in [-0.3, -0.25) is 4.79 Å². The van der Waals surface area contributed by atoms with E-state index in [9.17, 15) is 15.2 Å². The normalized spacial score (nSPS) is 51.3. The van der Waals surface area contributed by atoms with Crippen LogP contribution in [0.25, 0.3) is 0 Å². The highest BCUT2D eigenvalue weighted by atomic mass is 16.5. The molecule has 0 radical (unpaired) electrons. The van der Waals surface area contributed by atoms with Crippen molar-refractivity contribution in [3.05, 3.63) is 11.6 Å². The van der Waals surface area contributed by atoms with Crippen LogP contribution in [0.5, 0.6) is 0 Å². The molecule has 0 amide bonds. The second-order valence-corrected chi connectivity index (χ2v) is 10.1. The van der Waals surface area contributed by atoms with Crippen LogP contribution in [0.2, 0.25) is 0 Å². The Bertz CT molecular complexity index is 738. The lowest BCUT2D eigenvalue weighted by Crippen LogP contribution is -2.61. The van der Waals surface area contributed by atoms with Crippen LogP contribution < -0.4 is 0 Å². The van der Waals surface area contributed by atoms with Crippen molar-refractivity contribution < 1.29 is 14.6 Å². The highest BCUT2D eigenvalue weighted by Crippen LogP contribution is 2.69. The summed E-state index contributed by atoms with van der Waals surface area (Å²) >= 11 is 0. The predicted octanol–water partition coefficient (Wildman–Crippen LogP) is 3.93. The Balaban J connectivity index is 1.48.